The van der Waals surface area contributed by atoms with Crippen LogP contribution >= 0.6 is 0 Å². The SMILES string of the molecule is CCN(CCN)[NH][Ir][NH2]. The quantitative estimate of drug-likeness (QED) is 0.549. The van der Waals surface area contributed by atoms with Gasteiger partial charge in [0.25, 0.3) is 0 Å². The number of likely N-dealkylation sites (N-methyl/N-ethyl adjacent to an activating group) is 1. The van der Waals surface area contributed by atoms with E-state index in [-0.39, 0.29) is 0 Å². The van der Waals surface area contributed by atoms with Gasteiger partial charge >= 0.3 is 64.0 Å². The molecule has 0 rings (SSSR count). The third-order valence-electron chi connectivity index (χ3n) is 0.929. The maximum absolute atomic E-state index is 5.37. The normalized spacial score (nSPS) is 11.1. The summed E-state index contributed by atoms with van der Waals surface area (Å²) in [5.41, 5.74) is 5.33. The molecule has 0 unspecified atom stereocenters. The Hall–Kier alpha value is 0.489. The molecular formula is C4H14IrN4. The fraction of sp³-hybridized carbons (Fsp3) is 1.00. The van der Waals surface area contributed by atoms with Gasteiger partial charge in [0.05, 0.1) is 0 Å². The van der Waals surface area contributed by atoms with E-state index >= 15 is 0 Å². The third-order valence-corrected chi connectivity index (χ3v) is 2.00. The van der Waals surface area contributed by atoms with Crippen molar-refractivity contribution < 1.29 is 18.2 Å². The zero-order valence-corrected chi connectivity index (χ0v) is 7.95. The van der Waals surface area contributed by atoms with Gasteiger partial charge in [0.1, 0.15) is 0 Å². The summed E-state index contributed by atoms with van der Waals surface area (Å²) in [5, 5.41) is 2.04. The van der Waals surface area contributed by atoms with Gasteiger partial charge in [-0.15, -0.1) is 0 Å². The van der Waals surface area contributed by atoms with E-state index in [0.29, 0.717) is 6.54 Å². The summed E-state index contributed by atoms with van der Waals surface area (Å²) in [6.07, 6.45) is 0. The fourth-order valence-electron chi connectivity index (χ4n) is 0.465. The molecule has 0 heterocycles. The van der Waals surface area contributed by atoms with Gasteiger partial charge in [-0.1, -0.05) is 0 Å². The molecule has 0 aromatic rings. The molecule has 5 heteroatoms. The standard InChI is InChI=1S/C4H12N3.Ir.H2N/c1-2-7(6)4-3-5;;/h6H,2-5H2,1H3;;1H2/q-1;+2;-1. The number of rotatable bonds is 5. The molecule has 0 fully saturated rings. The van der Waals surface area contributed by atoms with Crippen LogP contribution in [-0.4, -0.2) is 24.6 Å². The number of hydrogen-bond acceptors (Lipinski definition) is 4. The van der Waals surface area contributed by atoms with E-state index in [2.05, 4.69) is 11.0 Å². The molecular weight excluding hydrogens is 296 g/mol. The Kier molecular flexibility index (Phi) is 6.97. The Labute approximate surface area is 64.4 Å². The van der Waals surface area contributed by atoms with Crippen molar-refractivity contribution in [2.24, 2.45) is 10.1 Å². The van der Waals surface area contributed by atoms with Crippen LogP contribution in [0.25, 0.3) is 0 Å². The Bertz CT molecular complexity index is 54.5. The summed E-state index contributed by atoms with van der Waals surface area (Å²) in [4.78, 5) is 0. The molecule has 0 aliphatic rings. The van der Waals surface area contributed by atoms with Crippen molar-refractivity contribution in [1.82, 2.24) is 9.11 Å². The van der Waals surface area contributed by atoms with Crippen LogP contribution in [0.2, 0.25) is 0 Å². The van der Waals surface area contributed by atoms with Crippen molar-refractivity contribution in [3.63, 3.8) is 0 Å². The molecule has 5 N–H and O–H groups in total. The average Bonchev–Trinajstić information content (AvgIpc) is 1.88. The molecule has 0 aliphatic heterocycles. The number of nitrogens with zero attached hydrogens (tertiary/aromatic N) is 1. The van der Waals surface area contributed by atoms with Gasteiger partial charge in [0.15, 0.2) is 0 Å². The van der Waals surface area contributed by atoms with Crippen molar-refractivity contribution in [2.75, 3.05) is 19.6 Å². The molecule has 0 aromatic heterocycles. The first kappa shape index (κ1) is 9.49. The van der Waals surface area contributed by atoms with Gasteiger partial charge in [-0.2, -0.15) is 0 Å². The van der Waals surface area contributed by atoms with Crippen molar-refractivity contribution in [3.05, 3.63) is 0 Å². The molecule has 0 amide bonds. The minimum atomic E-state index is -0.442. The van der Waals surface area contributed by atoms with E-state index in [0.717, 1.165) is 13.1 Å². The maximum atomic E-state index is 5.37. The number of hydrazine groups is 1. The van der Waals surface area contributed by atoms with E-state index in [9.17, 15) is 0 Å². The zero-order valence-electron chi connectivity index (χ0n) is 5.56. The van der Waals surface area contributed by atoms with E-state index in [4.69, 9.17) is 10.1 Å². The molecule has 0 radical (unpaired) electrons. The first-order valence-electron chi connectivity index (χ1n) is 2.83. The molecule has 0 bridgehead atoms. The first-order chi connectivity index (χ1) is 4.35. The van der Waals surface area contributed by atoms with Gasteiger partial charge in [-0.3, -0.25) is 0 Å². The molecule has 0 spiro atoms. The second-order valence-electron chi connectivity index (χ2n) is 1.54. The van der Waals surface area contributed by atoms with Crippen molar-refractivity contribution in [1.29, 1.82) is 0 Å². The predicted molar refractivity (Wildman–Crippen MR) is 33.6 cm³/mol. The monoisotopic (exact) mass is 311 g/mol. The summed E-state index contributed by atoms with van der Waals surface area (Å²) in [6.45, 7) is 4.62. The van der Waals surface area contributed by atoms with E-state index in [1.807, 2.05) is 5.01 Å². The topological polar surface area (TPSA) is 67.3 Å². The van der Waals surface area contributed by atoms with Crippen LogP contribution in [0.15, 0.2) is 0 Å². The summed E-state index contributed by atoms with van der Waals surface area (Å²) in [5.74, 6) is 0. The fourth-order valence-corrected chi connectivity index (χ4v) is 1.55. The van der Waals surface area contributed by atoms with Crippen LogP contribution in [0, 0.1) is 0 Å². The van der Waals surface area contributed by atoms with Gasteiger partial charge in [0, 0.05) is 0 Å². The molecule has 0 atom stereocenters. The first-order valence-corrected chi connectivity index (χ1v) is 5.41. The average molecular weight is 310 g/mol. The number of nitrogens with one attached hydrogen (secondary N) is 1. The van der Waals surface area contributed by atoms with Crippen LogP contribution in [0.3, 0.4) is 0 Å². The Morgan fingerprint density at radius 2 is 2.33 bits per heavy atom. The van der Waals surface area contributed by atoms with Crippen LogP contribution in [-0.2, 0) is 18.2 Å². The number of hydrogen-bond donors (Lipinski definition) is 3. The summed E-state index contributed by atoms with van der Waals surface area (Å²) >= 11 is -0.442. The minimum absolute atomic E-state index is 0.442. The van der Waals surface area contributed by atoms with E-state index < -0.39 is 18.2 Å². The number of nitrogens with two attached hydrogens (primary N) is 2. The second-order valence-corrected chi connectivity index (χ2v) is 2.77. The van der Waals surface area contributed by atoms with Gasteiger partial charge in [-0.05, 0) is 0 Å². The van der Waals surface area contributed by atoms with Crippen LogP contribution in [0.5, 0.6) is 0 Å². The molecule has 9 heavy (non-hydrogen) atoms. The van der Waals surface area contributed by atoms with Crippen LogP contribution in [0.1, 0.15) is 6.92 Å². The van der Waals surface area contributed by atoms with Gasteiger partial charge in [0.2, 0.25) is 0 Å². The van der Waals surface area contributed by atoms with E-state index in [1.165, 1.54) is 0 Å². The Morgan fingerprint density at radius 3 is 2.67 bits per heavy atom. The van der Waals surface area contributed by atoms with E-state index in [1.54, 1.807) is 0 Å². The second kappa shape index (κ2) is 6.61. The van der Waals surface area contributed by atoms with Gasteiger partial charge < -0.3 is 0 Å². The van der Waals surface area contributed by atoms with Crippen molar-refractivity contribution >= 4 is 0 Å². The molecule has 0 saturated carbocycles. The predicted octanol–water partition coefficient (Wildman–Crippen LogP) is -1.36. The molecule has 0 aromatic carbocycles. The van der Waals surface area contributed by atoms with Crippen LogP contribution < -0.4 is 14.2 Å². The summed E-state index contributed by atoms with van der Waals surface area (Å²) < 4.78 is 8.46. The van der Waals surface area contributed by atoms with Crippen LogP contribution in [0.4, 0.5) is 0 Å². The molecule has 4 nitrogen and oxygen atoms in total. The Balaban J connectivity index is 3.18. The zero-order chi connectivity index (χ0) is 7.11. The Morgan fingerprint density at radius 1 is 1.67 bits per heavy atom. The van der Waals surface area contributed by atoms with Gasteiger partial charge in [-0.25, -0.2) is 0 Å². The molecule has 0 aliphatic carbocycles. The molecule has 59 valence electrons. The summed E-state index contributed by atoms with van der Waals surface area (Å²) in [6, 6.07) is 0. The van der Waals surface area contributed by atoms with Crippen molar-refractivity contribution in [2.45, 2.75) is 6.92 Å². The molecule has 0 saturated heterocycles. The van der Waals surface area contributed by atoms with Crippen molar-refractivity contribution in [3.8, 4) is 0 Å². The third kappa shape index (κ3) is 4.96. The summed E-state index contributed by atoms with van der Waals surface area (Å²) in [7, 11) is 0.